The number of unbranched alkanes of at least 4 members (excludes halogenated alkanes) is 1. The highest BCUT2D eigenvalue weighted by atomic mass is 127. The molecule has 0 amide bonds. The summed E-state index contributed by atoms with van der Waals surface area (Å²) in [6.07, 6.45) is 4.29. The maximum atomic E-state index is 5.43. The van der Waals surface area contributed by atoms with Crippen LogP contribution in [0.4, 0.5) is 0 Å². The predicted molar refractivity (Wildman–Crippen MR) is 106 cm³/mol. The van der Waals surface area contributed by atoms with Crippen LogP contribution in [0.3, 0.4) is 0 Å². The van der Waals surface area contributed by atoms with Crippen molar-refractivity contribution in [3.8, 4) is 0 Å². The molecule has 0 aliphatic rings. The number of hydrogen-bond acceptors (Lipinski definition) is 6. The van der Waals surface area contributed by atoms with Crippen LogP contribution in [0.1, 0.15) is 44.5 Å². The Hall–Kier alpha value is -0.550. The summed E-state index contributed by atoms with van der Waals surface area (Å²) in [5, 5.41) is 10.3. The lowest BCUT2D eigenvalue weighted by Crippen LogP contribution is -2.37. The van der Waals surface area contributed by atoms with Gasteiger partial charge in [-0.3, -0.25) is 4.99 Å². The Morgan fingerprint density at radius 1 is 1.39 bits per heavy atom. The molecule has 0 aromatic carbocycles. The minimum atomic E-state index is -0.156. The molecule has 0 saturated heterocycles. The lowest BCUT2D eigenvalue weighted by atomic mass is 10.3. The van der Waals surface area contributed by atoms with Crippen LogP contribution < -0.4 is 10.6 Å². The SMILES string of the molecule is CCOC(C)c1noc(CNC(=NC)NCCCCSC)n1.I. The van der Waals surface area contributed by atoms with Crippen LogP contribution in [0.15, 0.2) is 9.52 Å². The minimum Gasteiger partial charge on any atom is -0.371 e. The average Bonchev–Trinajstić information content (AvgIpc) is 2.99. The Morgan fingerprint density at radius 3 is 2.83 bits per heavy atom. The first-order valence-electron chi connectivity index (χ1n) is 7.58. The van der Waals surface area contributed by atoms with Gasteiger partial charge in [0.05, 0.1) is 6.54 Å². The number of rotatable bonds is 10. The fraction of sp³-hybridized carbons (Fsp3) is 0.786. The topological polar surface area (TPSA) is 84.6 Å². The summed E-state index contributed by atoms with van der Waals surface area (Å²) < 4.78 is 10.6. The quantitative estimate of drug-likeness (QED) is 0.242. The van der Waals surface area contributed by atoms with E-state index in [9.17, 15) is 0 Å². The smallest absolute Gasteiger partial charge is 0.246 e. The Kier molecular flexibility index (Phi) is 13.5. The van der Waals surface area contributed by atoms with Crippen molar-refractivity contribution in [3.63, 3.8) is 0 Å². The maximum Gasteiger partial charge on any atom is 0.246 e. The fourth-order valence-corrected chi connectivity index (χ4v) is 2.28. The standard InChI is InChI=1S/C14H27N5O2S.HI/c1-5-20-11(2)13-18-12(21-19-13)10-17-14(15-3)16-8-6-7-9-22-4;/h11H,5-10H2,1-4H3,(H2,15,16,17);1H. The molecular formula is C14H28IN5O2S. The molecule has 1 atom stereocenters. The summed E-state index contributed by atoms with van der Waals surface area (Å²) in [4.78, 5) is 8.47. The Balaban J connectivity index is 0.00000484. The zero-order valence-electron chi connectivity index (χ0n) is 14.3. The molecule has 134 valence electrons. The van der Waals surface area contributed by atoms with E-state index in [2.05, 4.69) is 32.0 Å². The van der Waals surface area contributed by atoms with Crippen molar-refractivity contribution in [2.45, 2.75) is 39.3 Å². The lowest BCUT2D eigenvalue weighted by molar-refractivity contribution is 0.0683. The van der Waals surface area contributed by atoms with Crippen molar-refractivity contribution in [1.82, 2.24) is 20.8 Å². The highest BCUT2D eigenvalue weighted by Crippen LogP contribution is 2.12. The van der Waals surface area contributed by atoms with Crippen molar-refractivity contribution in [3.05, 3.63) is 11.7 Å². The number of halogens is 1. The second-order valence-corrected chi connectivity index (χ2v) is 5.68. The third-order valence-electron chi connectivity index (χ3n) is 2.96. The van der Waals surface area contributed by atoms with E-state index in [-0.39, 0.29) is 30.1 Å². The van der Waals surface area contributed by atoms with E-state index in [1.165, 1.54) is 12.2 Å². The summed E-state index contributed by atoms with van der Waals surface area (Å²) in [6, 6.07) is 0. The van der Waals surface area contributed by atoms with E-state index in [0.29, 0.717) is 24.9 Å². The van der Waals surface area contributed by atoms with Gasteiger partial charge in [0, 0.05) is 20.2 Å². The van der Waals surface area contributed by atoms with Crippen molar-refractivity contribution in [2.75, 3.05) is 32.2 Å². The fourth-order valence-electron chi connectivity index (χ4n) is 1.79. The van der Waals surface area contributed by atoms with Crippen LogP contribution in [0.25, 0.3) is 0 Å². The molecular weight excluding hydrogens is 429 g/mol. The number of ether oxygens (including phenoxy) is 1. The molecule has 1 unspecified atom stereocenters. The van der Waals surface area contributed by atoms with Crippen LogP contribution >= 0.6 is 35.7 Å². The van der Waals surface area contributed by atoms with Crippen LogP contribution in [-0.4, -0.2) is 48.3 Å². The zero-order valence-corrected chi connectivity index (χ0v) is 17.4. The van der Waals surface area contributed by atoms with Gasteiger partial charge in [-0.1, -0.05) is 5.16 Å². The van der Waals surface area contributed by atoms with Crippen LogP contribution in [0, 0.1) is 0 Å². The number of guanidine groups is 1. The molecule has 1 aromatic heterocycles. The van der Waals surface area contributed by atoms with Gasteiger partial charge < -0.3 is 19.9 Å². The van der Waals surface area contributed by atoms with Gasteiger partial charge >= 0.3 is 0 Å². The zero-order chi connectivity index (χ0) is 16.2. The number of nitrogens with zero attached hydrogens (tertiary/aromatic N) is 3. The van der Waals surface area contributed by atoms with E-state index in [0.717, 1.165) is 18.9 Å². The van der Waals surface area contributed by atoms with Gasteiger partial charge in [-0.05, 0) is 38.7 Å². The molecule has 0 bridgehead atoms. The second-order valence-electron chi connectivity index (χ2n) is 4.70. The molecule has 0 fully saturated rings. The minimum absolute atomic E-state index is 0. The highest BCUT2D eigenvalue weighted by Gasteiger charge is 2.13. The third kappa shape index (κ3) is 9.36. The Labute approximate surface area is 159 Å². The maximum absolute atomic E-state index is 5.43. The van der Waals surface area contributed by atoms with Crippen molar-refractivity contribution < 1.29 is 9.26 Å². The third-order valence-corrected chi connectivity index (χ3v) is 3.66. The van der Waals surface area contributed by atoms with E-state index in [4.69, 9.17) is 9.26 Å². The normalized spacial score (nSPS) is 12.6. The summed E-state index contributed by atoms with van der Waals surface area (Å²) in [6.45, 7) is 5.80. The molecule has 1 aromatic rings. The van der Waals surface area contributed by atoms with E-state index in [1.807, 2.05) is 25.6 Å². The molecule has 9 heteroatoms. The monoisotopic (exact) mass is 457 g/mol. The molecule has 7 nitrogen and oxygen atoms in total. The Morgan fingerprint density at radius 2 is 2.17 bits per heavy atom. The van der Waals surface area contributed by atoms with Crippen LogP contribution in [-0.2, 0) is 11.3 Å². The lowest BCUT2D eigenvalue weighted by Gasteiger charge is -2.10. The Bertz CT molecular complexity index is 445. The molecule has 0 spiro atoms. The molecule has 1 heterocycles. The van der Waals surface area contributed by atoms with Gasteiger partial charge in [0.25, 0.3) is 0 Å². The van der Waals surface area contributed by atoms with Crippen LogP contribution in [0.2, 0.25) is 0 Å². The molecule has 0 radical (unpaired) electrons. The van der Waals surface area contributed by atoms with E-state index < -0.39 is 0 Å². The molecule has 0 aliphatic heterocycles. The summed E-state index contributed by atoms with van der Waals surface area (Å²) >= 11 is 1.87. The first kappa shape index (κ1) is 22.4. The number of aliphatic imine (C=N–C) groups is 1. The predicted octanol–water partition coefficient (Wildman–Crippen LogP) is 2.59. The van der Waals surface area contributed by atoms with Crippen LogP contribution in [0.5, 0.6) is 0 Å². The van der Waals surface area contributed by atoms with Gasteiger partial charge in [0.15, 0.2) is 11.8 Å². The largest absolute Gasteiger partial charge is 0.371 e. The number of aromatic nitrogens is 2. The van der Waals surface area contributed by atoms with E-state index in [1.54, 1.807) is 7.05 Å². The second kappa shape index (κ2) is 13.8. The highest BCUT2D eigenvalue weighted by molar-refractivity contribution is 14.0. The first-order chi connectivity index (χ1) is 10.7. The molecule has 1 rings (SSSR count). The number of hydrogen-bond donors (Lipinski definition) is 2. The van der Waals surface area contributed by atoms with Gasteiger partial charge in [0.2, 0.25) is 5.89 Å². The average molecular weight is 457 g/mol. The van der Waals surface area contributed by atoms with Crippen molar-refractivity contribution >= 4 is 41.7 Å². The molecule has 0 saturated carbocycles. The van der Waals surface area contributed by atoms with Gasteiger partial charge in [-0.25, -0.2) is 0 Å². The summed E-state index contributed by atoms with van der Waals surface area (Å²) in [5.41, 5.74) is 0. The van der Waals surface area contributed by atoms with Crippen molar-refractivity contribution in [2.24, 2.45) is 4.99 Å². The van der Waals surface area contributed by atoms with Gasteiger partial charge in [0.1, 0.15) is 6.10 Å². The van der Waals surface area contributed by atoms with Gasteiger partial charge in [-0.2, -0.15) is 16.7 Å². The van der Waals surface area contributed by atoms with Crippen molar-refractivity contribution in [1.29, 1.82) is 0 Å². The summed E-state index contributed by atoms with van der Waals surface area (Å²) in [7, 11) is 1.74. The molecule has 2 N–H and O–H groups in total. The summed E-state index contributed by atoms with van der Waals surface area (Å²) in [5.74, 6) is 3.02. The van der Waals surface area contributed by atoms with E-state index >= 15 is 0 Å². The number of thioether (sulfide) groups is 1. The first-order valence-corrected chi connectivity index (χ1v) is 8.98. The molecule has 0 aliphatic carbocycles. The number of nitrogens with one attached hydrogen (secondary N) is 2. The molecule has 23 heavy (non-hydrogen) atoms. The van der Waals surface area contributed by atoms with Gasteiger partial charge in [-0.15, -0.1) is 24.0 Å².